The number of methoxy groups -OCH3 is 1. The van der Waals surface area contributed by atoms with Crippen LogP contribution in [0.15, 0.2) is 59.1 Å². The zero-order valence-corrected chi connectivity index (χ0v) is 14.3. The molecule has 24 heavy (non-hydrogen) atoms. The van der Waals surface area contributed by atoms with Crippen LogP contribution < -0.4 is 9.64 Å². The van der Waals surface area contributed by atoms with Crippen LogP contribution in [0.2, 0.25) is 0 Å². The van der Waals surface area contributed by atoms with Gasteiger partial charge in [-0.3, -0.25) is 9.59 Å². The fourth-order valence-electron chi connectivity index (χ4n) is 3.09. The van der Waals surface area contributed by atoms with E-state index in [4.69, 9.17) is 4.74 Å². The molecule has 0 N–H and O–H groups in total. The number of imide groups is 1. The summed E-state index contributed by atoms with van der Waals surface area (Å²) in [6.45, 7) is 0. The smallest absolute Gasteiger partial charge is 0.266 e. The van der Waals surface area contributed by atoms with Gasteiger partial charge in [-0.2, -0.15) is 0 Å². The van der Waals surface area contributed by atoms with Crippen LogP contribution in [0, 0.1) is 0 Å². The summed E-state index contributed by atoms with van der Waals surface area (Å²) in [5.74, 6) is -0.215. The predicted molar refractivity (Wildman–Crippen MR) is 95.8 cm³/mol. The van der Waals surface area contributed by atoms with Crippen LogP contribution in [-0.2, 0) is 0 Å². The SMILES string of the molecule is COc1ccccc1N1C(=O)c2cccc3c(Br)ccc(c23)C1=O. The maximum Gasteiger partial charge on any atom is 0.266 e. The molecule has 0 saturated heterocycles. The van der Waals surface area contributed by atoms with Gasteiger partial charge in [-0.15, -0.1) is 0 Å². The molecule has 0 spiro atoms. The molecule has 3 aromatic rings. The van der Waals surface area contributed by atoms with Gasteiger partial charge in [-0.05, 0) is 35.7 Å². The van der Waals surface area contributed by atoms with Crippen molar-refractivity contribution in [2.24, 2.45) is 0 Å². The molecule has 0 aromatic heterocycles. The van der Waals surface area contributed by atoms with Gasteiger partial charge in [0.05, 0.1) is 12.8 Å². The minimum atomic E-state index is -0.347. The highest BCUT2D eigenvalue weighted by molar-refractivity contribution is 9.10. The van der Waals surface area contributed by atoms with Crippen LogP contribution in [0.4, 0.5) is 5.69 Å². The molecule has 118 valence electrons. The van der Waals surface area contributed by atoms with Crippen LogP contribution >= 0.6 is 15.9 Å². The van der Waals surface area contributed by atoms with Gasteiger partial charge in [0.2, 0.25) is 0 Å². The van der Waals surface area contributed by atoms with Gasteiger partial charge in [0.15, 0.2) is 0 Å². The van der Waals surface area contributed by atoms with Crippen molar-refractivity contribution >= 4 is 44.2 Å². The molecule has 3 aromatic carbocycles. The molecule has 1 heterocycles. The van der Waals surface area contributed by atoms with E-state index in [1.807, 2.05) is 18.2 Å². The number of anilines is 1. The molecule has 5 heteroatoms. The second kappa shape index (κ2) is 5.46. The summed E-state index contributed by atoms with van der Waals surface area (Å²) >= 11 is 3.48. The van der Waals surface area contributed by atoms with Gasteiger partial charge >= 0.3 is 0 Å². The van der Waals surface area contributed by atoms with E-state index in [-0.39, 0.29) is 11.8 Å². The fourth-order valence-corrected chi connectivity index (χ4v) is 3.56. The monoisotopic (exact) mass is 381 g/mol. The lowest BCUT2D eigenvalue weighted by atomic mass is 9.93. The van der Waals surface area contributed by atoms with Crippen LogP contribution in [0.1, 0.15) is 20.7 Å². The molecular formula is C19H12BrNO3. The molecule has 0 aliphatic carbocycles. The summed E-state index contributed by atoms with van der Waals surface area (Å²) in [5, 5.41) is 1.54. The molecule has 0 atom stereocenters. The Hall–Kier alpha value is -2.66. The first-order chi connectivity index (χ1) is 11.6. The Labute approximate surface area is 146 Å². The number of benzene rings is 3. The first-order valence-corrected chi connectivity index (χ1v) is 8.16. The maximum absolute atomic E-state index is 13.0. The number of carbonyl (C=O) groups is 2. The molecule has 1 aliphatic heterocycles. The third kappa shape index (κ3) is 1.98. The minimum absolute atomic E-state index is 0.347. The number of nitrogens with zero attached hydrogens (tertiary/aromatic N) is 1. The highest BCUT2D eigenvalue weighted by Gasteiger charge is 2.35. The van der Waals surface area contributed by atoms with E-state index < -0.39 is 0 Å². The van der Waals surface area contributed by atoms with E-state index in [2.05, 4.69) is 15.9 Å². The average Bonchev–Trinajstić information content (AvgIpc) is 2.61. The Morgan fingerprint density at radius 3 is 2.33 bits per heavy atom. The number of halogens is 1. The Balaban J connectivity index is 2.01. The van der Waals surface area contributed by atoms with Gasteiger partial charge in [0.1, 0.15) is 5.75 Å². The molecule has 2 amide bonds. The highest BCUT2D eigenvalue weighted by Crippen LogP contribution is 2.38. The summed E-state index contributed by atoms with van der Waals surface area (Å²) in [6.07, 6.45) is 0. The Kier molecular flexibility index (Phi) is 3.39. The number of amides is 2. The van der Waals surface area contributed by atoms with Gasteiger partial charge in [0.25, 0.3) is 11.8 Å². The molecule has 0 radical (unpaired) electrons. The average molecular weight is 382 g/mol. The molecule has 1 aliphatic rings. The molecular weight excluding hydrogens is 370 g/mol. The lowest BCUT2D eigenvalue weighted by Crippen LogP contribution is -2.40. The quantitative estimate of drug-likeness (QED) is 0.617. The zero-order chi connectivity index (χ0) is 16.8. The normalized spacial score (nSPS) is 13.5. The van der Waals surface area contributed by atoms with E-state index >= 15 is 0 Å². The van der Waals surface area contributed by atoms with E-state index in [0.29, 0.717) is 28.0 Å². The predicted octanol–water partition coefficient (Wildman–Crippen LogP) is 4.41. The Bertz CT molecular complexity index is 990. The van der Waals surface area contributed by atoms with Crippen molar-refractivity contribution in [1.82, 2.24) is 0 Å². The number of rotatable bonds is 2. The van der Waals surface area contributed by atoms with Gasteiger partial charge in [-0.25, -0.2) is 4.90 Å². The number of ether oxygens (including phenoxy) is 1. The topological polar surface area (TPSA) is 46.6 Å². The lowest BCUT2D eigenvalue weighted by Gasteiger charge is -2.28. The summed E-state index contributed by atoms with van der Waals surface area (Å²) in [5.41, 5.74) is 1.46. The zero-order valence-electron chi connectivity index (χ0n) is 12.7. The van der Waals surface area contributed by atoms with Crippen LogP contribution in [0.25, 0.3) is 10.8 Å². The second-order valence-electron chi connectivity index (χ2n) is 5.44. The summed E-state index contributed by atoms with van der Waals surface area (Å²) in [7, 11) is 1.52. The van der Waals surface area contributed by atoms with Crippen LogP contribution in [0.5, 0.6) is 5.75 Å². The van der Waals surface area contributed by atoms with Gasteiger partial charge < -0.3 is 4.74 Å². The van der Waals surface area contributed by atoms with Gasteiger partial charge in [0, 0.05) is 21.0 Å². The molecule has 4 nitrogen and oxygen atoms in total. The molecule has 4 rings (SSSR count). The summed E-state index contributed by atoms with van der Waals surface area (Å²) in [6, 6.07) is 16.0. The minimum Gasteiger partial charge on any atom is -0.495 e. The Morgan fingerprint density at radius 1 is 0.875 bits per heavy atom. The van der Waals surface area contributed by atoms with E-state index in [1.165, 1.54) is 12.0 Å². The van der Waals surface area contributed by atoms with E-state index in [9.17, 15) is 9.59 Å². The van der Waals surface area contributed by atoms with Crippen LogP contribution in [-0.4, -0.2) is 18.9 Å². The third-order valence-corrected chi connectivity index (χ3v) is 4.87. The lowest BCUT2D eigenvalue weighted by molar-refractivity contribution is 0.0892. The Morgan fingerprint density at radius 2 is 1.58 bits per heavy atom. The largest absolute Gasteiger partial charge is 0.495 e. The maximum atomic E-state index is 13.0. The first-order valence-electron chi connectivity index (χ1n) is 7.36. The van der Waals surface area contributed by atoms with Crippen LogP contribution in [0.3, 0.4) is 0 Å². The first kappa shape index (κ1) is 14.9. The van der Waals surface area contributed by atoms with Crippen molar-refractivity contribution in [2.75, 3.05) is 12.0 Å². The van der Waals surface area contributed by atoms with Crippen molar-refractivity contribution in [2.45, 2.75) is 0 Å². The summed E-state index contributed by atoms with van der Waals surface area (Å²) < 4.78 is 6.18. The van der Waals surface area contributed by atoms with E-state index in [0.717, 1.165) is 9.86 Å². The van der Waals surface area contributed by atoms with Crippen molar-refractivity contribution < 1.29 is 14.3 Å². The number of hydrogen-bond acceptors (Lipinski definition) is 3. The third-order valence-electron chi connectivity index (χ3n) is 4.18. The van der Waals surface area contributed by atoms with Crippen molar-refractivity contribution in [3.63, 3.8) is 0 Å². The number of hydrogen-bond donors (Lipinski definition) is 0. The number of para-hydroxylation sites is 2. The van der Waals surface area contributed by atoms with Crippen molar-refractivity contribution in [3.05, 3.63) is 70.2 Å². The number of carbonyl (C=O) groups excluding carboxylic acids is 2. The standard InChI is InChI=1S/C19H12BrNO3/c1-24-16-8-3-2-7-15(16)21-18(22)12-6-4-5-11-14(20)10-9-13(17(11)12)19(21)23/h2-10H,1H3. The molecule has 0 bridgehead atoms. The highest BCUT2D eigenvalue weighted by atomic mass is 79.9. The molecule has 0 unspecified atom stereocenters. The van der Waals surface area contributed by atoms with Gasteiger partial charge in [-0.1, -0.05) is 40.2 Å². The van der Waals surface area contributed by atoms with Crippen molar-refractivity contribution in [1.29, 1.82) is 0 Å². The van der Waals surface area contributed by atoms with Crippen molar-refractivity contribution in [3.8, 4) is 5.75 Å². The molecule has 0 saturated carbocycles. The van der Waals surface area contributed by atoms with E-state index in [1.54, 1.807) is 36.4 Å². The fraction of sp³-hybridized carbons (Fsp3) is 0.0526. The second-order valence-corrected chi connectivity index (χ2v) is 6.29. The summed E-state index contributed by atoms with van der Waals surface area (Å²) in [4.78, 5) is 27.2. The molecule has 0 fully saturated rings.